The summed E-state index contributed by atoms with van der Waals surface area (Å²) in [6.07, 6.45) is 13.2. The summed E-state index contributed by atoms with van der Waals surface area (Å²) in [5.41, 5.74) is 33.1. The number of fused-ring (bicyclic) bond motifs is 22. The number of imidazole rings is 1. The zero-order valence-electron chi connectivity index (χ0n) is 71.1. The molecular formula is C95H89N23O11RuS2. The number of rotatable bonds is 15. The van der Waals surface area contributed by atoms with E-state index in [0.717, 1.165) is 159 Å². The van der Waals surface area contributed by atoms with Crippen LogP contribution in [0.5, 0.6) is 0 Å². The number of benzene rings is 7. The molecule has 11 heterocycles. The fourth-order valence-corrected chi connectivity index (χ4v) is 18.7. The average molecular weight is 1890 g/mol. The van der Waals surface area contributed by atoms with E-state index in [0.29, 0.717) is 42.6 Å². The van der Waals surface area contributed by atoms with E-state index in [1.165, 1.54) is 11.9 Å². The molecule has 16 aromatic rings. The predicted octanol–water partition coefficient (Wildman–Crippen LogP) is 8.82. The van der Waals surface area contributed by atoms with Crippen LogP contribution >= 0.6 is 21.6 Å². The molecule has 0 bridgehead atoms. The van der Waals surface area contributed by atoms with Crippen LogP contribution in [0.3, 0.4) is 0 Å². The van der Waals surface area contributed by atoms with Crippen molar-refractivity contribution in [1.29, 1.82) is 0 Å². The number of carbonyl (C=O) groups is 10. The van der Waals surface area contributed by atoms with Gasteiger partial charge in [0.15, 0.2) is 0 Å². The van der Waals surface area contributed by atoms with Crippen molar-refractivity contribution in [2.45, 2.75) is 94.0 Å². The number of primary amides is 1. The monoisotopic (exact) mass is 1890 g/mol. The van der Waals surface area contributed by atoms with E-state index >= 15 is 0 Å². The van der Waals surface area contributed by atoms with E-state index in [9.17, 15) is 53.1 Å². The summed E-state index contributed by atoms with van der Waals surface area (Å²) in [7, 11) is 3.60. The number of aromatic nitrogens is 12. The van der Waals surface area contributed by atoms with Crippen LogP contribution in [-0.2, 0) is 69.0 Å². The summed E-state index contributed by atoms with van der Waals surface area (Å²) in [6, 6.07) is 45.3. The fraction of sp³-hybridized carbons (Fsp3) is 0.232. The maximum Gasteiger partial charge on any atom is 0.305 e. The first-order chi connectivity index (χ1) is 63.9. The topological polar surface area (TPSA) is 514 Å². The van der Waals surface area contributed by atoms with Gasteiger partial charge < -0.3 is 69.4 Å². The van der Waals surface area contributed by atoms with Crippen LogP contribution in [0.2, 0.25) is 0 Å². The maximum atomic E-state index is 14.6. The second-order valence-electron chi connectivity index (χ2n) is 31.1. The van der Waals surface area contributed by atoms with Gasteiger partial charge >= 0.3 is 5.97 Å². The minimum atomic E-state index is -1.74. The van der Waals surface area contributed by atoms with E-state index < -0.39 is 108 Å². The first-order valence-corrected chi connectivity index (χ1v) is 45.0. The number of para-hydroxylation sites is 4. The summed E-state index contributed by atoms with van der Waals surface area (Å²) in [5, 5.41) is 33.7. The smallest absolute Gasteiger partial charge is 0.305 e. The van der Waals surface area contributed by atoms with Crippen molar-refractivity contribution in [3.05, 3.63) is 230 Å². The fourth-order valence-electron chi connectivity index (χ4n) is 16.4. The van der Waals surface area contributed by atoms with E-state index in [-0.39, 0.29) is 76.3 Å². The Labute approximate surface area is 773 Å². The molecule has 34 nitrogen and oxygen atoms in total. The molecule has 6 atom stereocenters. The molecule has 0 radical (unpaired) electrons. The normalized spacial score (nSPS) is 17.6. The number of carboxylic acid groups (broad SMARTS) is 1. The molecule has 0 spiro atoms. The number of carbonyl (C=O) groups excluding carboxylic acids is 9. The summed E-state index contributed by atoms with van der Waals surface area (Å²) in [4.78, 5) is 192. The molecule has 7 aromatic carbocycles. The number of nitrogens with one attached hydrogen (secondary N) is 8. The molecule has 2 saturated heterocycles. The van der Waals surface area contributed by atoms with Crippen molar-refractivity contribution in [3.63, 3.8) is 0 Å². The van der Waals surface area contributed by atoms with Gasteiger partial charge in [0.25, 0.3) is 5.91 Å². The molecule has 2 aliphatic heterocycles. The van der Waals surface area contributed by atoms with E-state index in [1.807, 2.05) is 152 Å². The summed E-state index contributed by atoms with van der Waals surface area (Å²) in [6.45, 7) is -0.559. The standard InChI is InChI=1S/C58H64N14O11S2.2C18H10N4.CH5N.Ru/c59-21-4-3-12-38-54(79)64-28-45(74)65-39(27-46(75)76)55(80)68-40(26-34-19-14-31-8-1-2-9-35(31)34)58(83)72-25-7-13-43(72)57(82)69-41(51(60)77)29-84-85-30-42(56(81)67-38)66-44(73)20-24-63-53(78)33-17-15-32(16-18-33)52-70-49-36-10-5-22-61-47(36)48-37(50(49)71-52)11-6-23-62-48;2*1-2-8-14-13(7-1)21-17-11-5-3-9-19-15(11)16-12(18(17)22-14)6-4-10-20-16;1-2;/h1-2,5-6,8-11,15-19,22-23,38-43H,3-4,7,12-14,20-21,24-30,59H2,(H2,60,77)(H,63,78)(H,64,79)(H,65,74)(H,66,73)(H,67,81)(H,68,80)(H,69,82)(H,70,71)(H,75,76);2*1-10H;2H2,1H3;. The molecular weight excluding hydrogens is 1800 g/mol. The zero-order chi connectivity index (χ0) is 91.2. The van der Waals surface area contributed by atoms with Gasteiger partial charge in [0.2, 0.25) is 47.3 Å². The van der Waals surface area contributed by atoms with Crippen LogP contribution in [0.4, 0.5) is 0 Å². The molecule has 3 aliphatic rings. The van der Waals surface area contributed by atoms with Crippen molar-refractivity contribution >= 4 is 207 Å². The number of hydrogen-bond acceptors (Lipinski definition) is 25. The Kier molecular flexibility index (Phi) is 29.5. The SMILES string of the molecule is CN.NCCCCC1NC(=O)C(NC(=O)CCNC(=O)c2ccc(-c3nc4c5cccnc5c5ncccc5c4[nH]3)cc2)CSSCC(C(N)=O)NC(=O)C2CCCN2C(=O)C(CC2=CCc3ccccc32)NC(=O)C(CC(=O)O)NC(=O)CNC1=O.[Ru].c1ccc2nc3c4cccnc4c4ncccc4c3nc2c1.c1ccc2nc3c4cccnc4c4ncccc4c3nc2c1. The number of aliphatic carboxylic acids is 1. The third-order valence-electron chi connectivity index (χ3n) is 22.7. The van der Waals surface area contributed by atoms with Gasteiger partial charge in [0.1, 0.15) is 42.1 Å². The molecule has 9 amide bonds. The molecule has 670 valence electrons. The number of amides is 9. The second-order valence-corrected chi connectivity index (χ2v) is 33.6. The third-order valence-corrected chi connectivity index (χ3v) is 25.1. The molecule has 1 aliphatic carbocycles. The maximum absolute atomic E-state index is 14.6. The van der Waals surface area contributed by atoms with E-state index in [2.05, 4.69) is 77.8 Å². The Bertz CT molecular complexity index is 6750. The molecule has 9 aromatic heterocycles. The van der Waals surface area contributed by atoms with Crippen LogP contribution in [0.15, 0.2) is 213 Å². The number of nitrogens with zero attached hydrogens (tertiary/aromatic N) is 12. The first-order valence-electron chi connectivity index (χ1n) is 42.5. The number of carboxylic acids is 1. The summed E-state index contributed by atoms with van der Waals surface area (Å²) in [5.74, 6) is -8.20. The van der Waals surface area contributed by atoms with E-state index in [4.69, 9.17) is 36.4 Å². The van der Waals surface area contributed by atoms with Crippen molar-refractivity contribution < 1.29 is 72.5 Å². The Morgan fingerprint density at radius 1 is 0.523 bits per heavy atom. The zero-order valence-corrected chi connectivity index (χ0v) is 74.4. The average Bonchev–Trinajstić information content (AvgIpc) is 0.943. The van der Waals surface area contributed by atoms with Crippen LogP contribution in [0, 0.1) is 0 Å². The van der Waals surface area contributed by atoms with Crippen LogP contribution in [0.1, 0.15) is 72.9 Å². The third kappa shape index (κ3) is 20.3. The van der Waals surface area contributed by atoms with Gasteiger partial charge in [-0.1, -0.05) is 88.3 Å². The van der Waals surface area contributed by atoms with E-state index in [1.54, 1.807) is 61.4 Å². The minimum absolute atomic E-state index is 0. The number of pyridine rings is 6. The van der Waals surface area contributed by atoms with Gasteiger partial charge in [-0.2, -0.15) is 0 Å². The molecule has 19 rings (SSSR count). The van der Waals surface area contributed by atoms with Gasteiger partial charge in [-0.25, -0.2) is 24.9 Å². The van der Waals surface area contributed by atoms with Crippen LogP contribution < -0.4 is 54.4 Å². The van der Waals surface area contributed by atoms with Gasteiger partial charge in [-0.05, 0) is 178 Å². The van der Waals surface area contributed by atoms with Gasteiger partial charge in [0.05, 0.1) is 101 Å². The van der Waals surface area contributed by atoms with Crippen molar-refractivity contribution in [3.8, 4) is 11.4 Å². The molecule has 132 heavy (non-hydrogen) atoms. The molecule has 15 N–H and O–H groups in total. The molecule has 6 unspecified atom stereocenters. The number of hydrogen-bond donors (Lipinski definition) is 12. The van der Waals surface area contributed by atoms with Crippen molar-refractivity contribution in [2.24, 2.45) is 17.2 Å². The van der Waals surface area contributed by atoms with Gasteiger partial charge in [-0.3, -0.25) is 77.8 Å². The Balaban J connectivity index is 0.000000224. The second kappa shape index (κ2) is 42.3. The minimum Gasteiger partial charge on any atom is -0.481 e. The number of aromatic amines is 1. The quantitative estimate of drug-likeness (QED) is 0.0150. The van der Waals surface area contributed by atoms with Crippen LogP contribution in [-0.4, -0.2) is 210 Å². The number of allylic oxidation sites excluding steroid dienone is 1. The summed E-state index contributed by atoms with van der Waals surface area (Å²) < 4.78 is 0. The largest absolute Gasteiger partial charge is 0.481 e. The van der Waals surface area contributed by atoms with Crippen molar-refractivity contribution in [1.82, 2.24) is 102 Å². The molecule has 0 saturated carbocycles. The molecule has 37 heteroatoms. The van der Waals surface area contributed by atoms with Crippen molar-refractivity contribution in [2.75, 3.05) is 44.7 Å². The number of H-pyrrole nitrogens is 1. The first kappa shape index (κ1) is 92.1. The Hall–Kier alpha value is -14.6. The Morgan fingerprint density at radius 2 is 1.02 bits per heavy atom. The predicted molar refractivity (Wildman–Crippen MR) is 504 cm³/mol. The number of unbranched alkanes of at least 4 members (excludes halogenated alkanes) is 1. The Morgan fingerprint density at radius 3 is 1.55 bits per heavy atom. The van der Waals surface area contributed by atoms with Crippen LogP contribution in [0.25, 0.3) is 138 Å². The van der Waals surface area contributed by atoms with Gasteiger partial charge in [0, 0.05) is 138 Å². The summed E-state index contributed by atoms with van der Waals surface area (Å²) >= 11 is 0. The van der Waals surface area contributed by atoms with Gasteiger partial charge in [-0.15, -0.1) is 0 Å². The number of nitrogens with two attached hydrogens (primary N) is 3. The molecule has 2 fully saturated rings.